The number of para-hydroxylation sites is 1. The first-order chi connectivity index (χ1) is 15.7. The zero-order valence-corrected chi connectivity index (χ0v) is 18.9. The highest BCUT2D eigenvalue weighted by atomic mass is 16.5. The number of nitrogens with zero attached hydrogens (tertiary/aromatic N) is 1. The van der Waals surface area contributed by atoms with Crippen LogP contribution in [0.1, 0.15) is 39.5 Å². The van der Waals surface area contributed by atoms with Crippen molar-refractivity contribution in [2.75, 3.05) is 5.32 Å². The number of hydrogen-bond acceptors (Lipinski definition) is 5. The molecule has 7 nitrogen and oxygen atoms in total. The monoisotopic (exact) mass is 443 g/mol. The second-order valence-corrected chi connectivity index (χ2v) is 7.65. The first-order valence-corrected chi connectivity index (χ1v) is 10.4. The van der Waals surface area contributed by atoms with Gasteiger partial charge in [0.05, 0.1) is 11.3 Å². The van der Waals surface area contributed by atoms with Crippen LogP contribution in [0.4, 0.5) is 5.69 Å². The molecule has 2 amide bonds. The van der Waals surface area contributed by atoms with Gasteiger partial charge in [0.1, 0.15) is 5.75 Å². The number of carbonyl (C=O) groups excluding carboxylic acids is 3. The normalized spacial score (nSPS) is 11.0. The van der Waals surface area contributed by atoms with Crippen molar-refractivity contribution in [2.45, 2.75) is 27.7 Å². The Labute approximate surface area is 192 Å². The van der Waals surface area contributed by atoms with E-state index in [1.54, 1.807) is 61.5 Å². The van der Waals surface area contributed by atoms with Gasteiger partial charge >= 0.3 is 17.8 Å². The van der Waals surface area contributed by atoms with E-state index < -0.39 is 17.8 Å². The maximum Gasteiger partial charge on any atom is 0.343 e. The van der Waals surface area contributed by atoms with Crippen molar-refractivity contribution in [1.82, 2.24) is 5.43 Å². The van der Waals surface area contributed by atoms with Crippen LogP contribution in [0.3, 0.4) is 0 Å². The van der Waals surface area contributed by atoms with E-state index in [1.807, 2.05) is 32.9 Å². The van der Waals surface area contributed by atoms with E-state index in [-0.39, 0.29) is 0 Å². The van der Waals surface area contributed by atoms with Crippen molar-refractivity contribution in [2.24, 2.45) is 5.10 Å². The minimum atomic E-state index is -0.915. The third kappa shape index (κ3) is 6.13. The third-order valence-corrected chi connectivity index (χ3v) is 5.03. The van der Waals surface area contributed by atoms with Crippen LogP contribution in [0.25, 0.3) is 0 Å². The highest BCUT2D eigenvalue weighted by molar-refractivity contribution is 6.39. The van der Waals surface area contributed by atoms with E-state index in [9.17, 15) is 14.4 Å². The summed E-state index contributed by atoms with van der Waals surface area (Å²) in [4.78, 5) is 36.9. The maximum absolute atomic E-state index is 12.5. The lowest BCUT2D eigenvalue weighted by Crippen LogP contribution is -2.33. The molecule has 0 spiro atoms. The third-order valence-electron chi connectivity index (χ3n) is 5.03. The Bertz CT molecular complexity index is 1250. The number of anilines is 1. The SMILES string of the molecule is CC(=NNC(=O)C(=O)Nc1ccc(C)c(C)c1)c1ccccc1OC(=O)c1cccc(C)c1. The van der Waals surface area contributed by atoms with Crippen LogP contribution < -0.4 is 15.5 Å². The van der Waals surface area contributed by atoms with Gasteiger partial charge in [0.2, 0.25) is 0 Å². The molecule has 0 bridgehead atoms. The van der Waals surface area contributed by atoms with E-state index in [0.717, 1.165) is 16.7 Å². The summed E-state index contributed by atoms with van der Waals surface area (Å²) in [7, 11) is 0. The molecule has 33 heavy (non-hydrogen) atoms. The number of esters is 1. The molecule has 0 aliphatic heterocycles. The van der Waals surface area contributed by atoms with Gasteiger partial charge in [0, 0.05) is 11.3 Å². The molecule has 0 aliphatic rings. The lowest BCUT2D eigenvalue weighted by atomic mass is 10.1. The summed E-state index contributed by atoms with van der Waals surface area (Å²) in [6, 6.07) is 19.3. The number of rotatable bonds is 5. The molecule has 3 aromatic carbocycles. The summed E-state index contributed by atoms with van der Waals surface area (Å²) in [5.41, 5.74) is 7.09. The maximum atomic E-state index is 12.5. The van der Waals surface area contributed by atoms with Crippen LogP contribution in [0.2, 0.25) is 0 Å². The zero-order valence-electron chi connectivity index (χ0n) is 18.9. The summed E-state index contributed by atoms with van der Waals surface area (Å²) < 4.78 is 5.55. The molecule has 0 unspecified atom stereocenters. The smallest absolute Gasteiger partial charge is 0.343 e. The van der Waals surface area contributed by atoms with Gasteiger partial charge in [-0.2, -0.15) is 5.10 Å². The Morgan fingerprint density at radius 2 is 1.58 bits per heavy atom. The van der Waals surface area contributed by atoms with E-state index in [2.05, 4.69) is 15.8 Å². The Kier molecular flexibility index (Phi) is 7.35. The average molecular weight is 444 g/mol. The molecule has 0 fully saturated rings. The second-order valence-electron chi connectivity index (χ2n) is 7.65. The minimum absolute atomic E-state index is 0.291. The standard InChI is InChI=1S/C26H25N3O4/c1-16-8-7-9-20(14-16)26(32)33-23-11-6-5-10-22(23)19(4)28-29-25(31)24(30)27-21-13-12-17(2)18(3)15-21/h5-15H,1-4H3,(H,27,30)(H,29,31). The molecule has 0 heterocycles. The molecule has 0 aliphatic carbocycles. The highest BCUT2D eigenvalue weighted by Gasteiger charge is 2.16. The van der Waals surface area contributed by atoms with E-state index in [4.69, 9.17) is 4.74 Å². The number of hydrazone groups is 1. The molecule has 0 aromatic heterocycles. The summed E-state index contributed by atoms with van der Waals surface area (Å²) in [6.07, 6.45) is 0. The quantitative estimate of drug-likeness (QED) is 0.202. The van der Waals surface area contributed by atoms with E-state index >= 15 is 0 Å². The molecule has 0 saturated carbocycles. The van der Waals surface area contributed by atoms with E-state index in [1.165, 1.54) is 0 Å². The summed E-state index contributed by atoms with van der Waals surface area (Å²) in [5, 5.41) is 6.55. The van der Waals surface area contributed by atoms with Crippen molar-refractivity contribution < 1.29 is 19.1 Å². The van der Waals surface area contributed by atoms with Gasteiger partial charge in [-0.15, -0.1) is 0 Å². The predicted octanol–water partition coefficient (Wildman–Crippen LogP) is 4.31. The predicted molar refractivity (Wildman–Crippen MR) is 127 cm³/mol. The molecule has 3 rings (SSSR count). The Balaban J connectivity index is 1.69. The molecule has 168 valence electrons. The molecule has 0 radical (unpaired) electrons. The van der Waals surface area contributed by atoms with Gasteiger partial charge < -0.3 is 10.1 Å². The van der Waals surface area contributed by atoms with Crippen molar-refractivity contribution in [3.8, 4) is 5.75 Å². The molecule has 0 atom stereocenters. The van der Waals surface area contributed by atoms with Crippen molar-refractivity contribution in [3.63, 3.8) is 0 Å². The molecule has 7 heteroatoms. The summed E-state index contributed by atoms with van der Waals surface area (Å²) in [5.74, 6) is -1.97. The molecule has 2 N–H and O–H groups in total. The molecular formula is C26H25N3O4. The number of hydrogen-bond donors (Lipinski definition) is 2. The number of nitrogens with one attached hydrogen (secondary N) is 2. The lowest BCUT2D eigenvalue weighted by Gasteiger charge is -2.10. The summed E-state index contributed by atoms with van der Waals surface area (Å²) in [6.45, 7) is 7.41. The molecular weight excluding hydrogens is 418 g/mol. The Hall–Kier alpha value is -4.26. The van der Waals surface area contributed by atoms with Gasteiger partial charge in [0.15, 0.2) is 0 Å². The van der Waals surface area contributed by atoms with Crippen LogP contribution in [-0.4, -0.2) is 23.5 Å². The van der Waals surface area contributed by atoms with Crippen LogP contribution in [0.15, 0.2) is 71.8 Å². The van der Waals surface area contributed by atoms with Crippen molar-refractivity contribution in [1.29, 1.82) is 0 Å². The number of amides is 2. The van der Waals surface area contributed by atoms with Crippen molar-refractivity contribution >= 4 is 29.2 Å². The zero-order chi connectivity index (χ0) is 24.0. The van der Waals surface area contributed by atoms with E-state index in [0.29, 0.717) is 28.3 Å². The van der Waals surface area contributed by atoms with Crippen LogP contribution in [0.5, 0.6) is 5.75 Å². The van der Waals surface area contributed by atoms with Crippen LogP contribution >= 0.6 is 0 Å². The number of aryl methyl sites for hydroxylation is 3. The highest BCUT2D eigenvalue weighted by Crippen LogP contribution is 2.20. The number of carbonyl (C=O) groups is 3. The minimum Gasteiger partial charge on any atom is -0.422 e. The van der Waals surface area contributed by atoms with Gasteiger partial charge in [0.25, 0.3) is 0 Å². The van der Waals surface area contributed by atoms with Gasteiger partial charge in [-0.3, -0.25) is 9.59 Å². The number of ether oxygens (including phenoxy) is 1. The number of benzene rings is 3. The van der Waals surface area contributed by atoms with Gasteiger partial charge in [-0.25, -0.2) is 10.2 Å². The van der Waals surface area contributed by atoms with Gasteiger partial charge in [-0.1, -0.05) is 35.9 Å². The van der Waals surface area contributed by atoms with Gasteiger partial charge in [-0.05, 0) is 75.2 Å². The lowest BCUT2D eigenvalue weighted by molar-refractivity contribution is -0.136. The first kappa shape index (κ1) is 23.4. The first-order valence-electron chi connectivity index (χ1n) is 10.4. The van der Waals surface area contributed by atoms with Crippen LogP contribution in [-0.2, 0) is 9.59 Å². The topological polar surface area (TPSA) is 96.9 Å². The summed E-state index contributed by atoms with van der Waals surface area (Å²) >= 11 is 0. The Morgan fingerprint density at radius 1 is 0.818 bits per heavy atom. The average Bonchev–Trinajstić information content (AvgIpc) is 2.80. The van der Waals surface area contributed by atoms with Crippen LogP contribution in [0, 0.1) is 20.8 Å². The fourth-order valence-electron chi connectivity index (χ4n) is 3.04. The largest absolute Gasteiger partial charge is 0.422 e. The molecule has 3 aromatic rings. The second kappa shape index (κ2) is 10.4. The fourth-order valence-corrected chi connectivity index (χ4v) is 3.04. The fraction of sp³-hybridized carbons (Fsp3) is 0.154. The molecule has 0 saturated heterocycles. The Morgan fingerprint density at radius 3 is 2.30 bits per heavy atom. The van der Waals surface area contributed by atoms with Crippen molar-refractivity contribution in [3.05, 3.63) is 94.5 Å².